The highest BCUT2D eigenvalue weighted by Gasteiger charge is 2.07. The summed E-state index contributed by atoms with van der Waals surface area (Å²) in [6, 6.07) is 16.3. The molecule has 0 aliphatic heterocycles. The molecular weight excluding hydrogens is 324 g/mol. The number of rotatable bonds is 4. The number of hydrogen-bond donors (Lipinski definition) is 0. The Balaban J connectivity index is 2.08. The Morgan fingerprint density at radius 2 is 1.74 bits per heavy atom. The van der Waals surface area contributed by atoms with Crippen LogP contribution in [0.2, 0.25) is 5.02 Å². The summed E-state index contributed by atoms with van der Waals surface area (Å²) in [6.45, 7) is 5.23. The van der Waals surface area contributed by atoms with E-state index in [-0.39, 0.29) is 0 Å². The summed E-state index contributed by atoms with van der Waals surface area (Å²) >= 11 is 7.68. The predicted molar refractivity (Wildman–Crippen MR) is 99.4 cm³/mol. The van der Waals surface area contributed by atoms with Crippen LogP contribution in [0.4, 0.5) is 5.69 Å². The van der Waals surface area contributed by atoms with Crippen molar-refractivity contribution < 1.29 is 0 Å². The fourth-order valence-electron chi connectivity index (χ4n) is 2.44. The molecule has 3 aromatic rings. The molecule has 0 aliphatic carbocycles. The highest BCUT2D eigenvalue weighted by molar-refractivity contribution is 7.07. The van der Waals surface area contributed by atoms with E-state index >= 15 is 0 Å². The fourth-order valence-corrected chi connectivity index (χ4v) is 3.52. The maximum atomic E-state index is 6.00. The Labute approximate surface area is 145 Å². The molecule has 0 atom stereocenters. The van der Waals surface area contributed by atoms with Crippen LogP contribution in [0.25, 0.3) is 11.3 Å². The maximum absolute atomic E-state index is 6.00. The van der Waals surface area contributed by atoms with E-state index in [4.69, 9.17) is 16.6 Å². The largest absolute Gasteiger partial charge is 0.316 e. The van der Waals surface area contributed by atoms with Crippen molar-refractivity contribution in [2.75, 3.05) is 0 Å². The molecule has 3 rings (SSSR count). The molecule has 2 aromatic carbocycles. The molecule has 0 fully saturated rings. The van der Waals surface area contributed by atoms with Crippen molar-refractivity contribution in [2.24, 2.45) is 4.99 Å². The molecule has 1 heterocycles. The summed E-state index contributed by atoms with van der Waals surface area (Å²) in [5, 5.41) is 2.93. The Morgan fingerprint density at radius 3 is 2.39 bits per heavy atom. The van der Waals surface area contributed by atoms with E-state index in [1.807, 2.05) is 12.1 Å². The molecule has 2 nitrogen and oxygen atoms in total. The van der Waals surface area contributed by atoms with Gasteiger partial charge in [-0.15, -0.1) is 11.3 Å². The molecule has 0 unspecified atom stereocenters. The van der Waals surface area contributed by atoms with E-state index in [0.29, 0.717) is 0 Å². The zero-order chi connectivity index (χ0) is 16.2. The third kappa shape index (κ3) is 3.74. The first-order chi connectivity index (χ1) is 11.2. The van der Waals surface area contributed by atoms with Crippen molar-refractivity contribution in [1.82, 2.24) is 4.57 Å². The molecule has 0 bridgehead atoms. The first kappa shape index (κ1) is 16.0. The summed E-state index contributed by atoms with van der Waals surface area (Å²) in [4.78, 5) is 5.85. The fraction of sp³-hybridized carbons (Fsp3) is 0.211. The normalized spacial score (nSPS) is 11.9. The summed E-state index contributed by atoms with van der Waals surface area (Å²) in [5.41, 5.74) is 4.60. The van der Waals surface area contributed by atoms with E-state index in [9.17, 15) is 0 Å². The smallest absolute Gasteiger partial charge is 0.190 e. The Hall–Kier alpha value is -1.84. The predicted octanol–water partition coefficient (Wildman–Crippen LogP) is 5.82. The lowest BCUT2D eigenvalue weighted by molar-refractivity contribution is 0.667. The van der Waals surface area contributed by atoms with Gasteiger partial charge in [-0.3, -0.25) is 0 Å². The summed E-state index contributed by atoms with van der Waals surface area (Å²) < 4.78 is 2.29. The Bertz CT molecular complexity index is 842. The number of nitrogens with zero attached hydrogens (tertiary/aromatic N) is 2. The number of thiazole rings is 1. The van der Waals surface area contributed by atoms with E-state index in [1.165, 1.54) is 16.8 Å². The molecule has 0 spiro atoms. The lowest BCUT2D eigenvalue weighted by atomic mass is 10.2. The SMILES string of the molecule is CCCn1c(-c2ccc(Cl)cc2)csc1=Nc1ccc(C)cc1. The molecule has 0 amide bonds. The van der Waals surface area contributed by atoms with Crippen LogP contribution in [0.3, 0.4) is 0 Å². The van der Waals surface area contributed by atoms with Crippen LogP contribution in [-0.2, 0) is 6.54 Å². The third-order valence-electron chi connectivity index (χ3n) is 3.64. The molecule has 0 saturated heterocycles. The molecule has 4 heteroatoms. The van der Waals surface area contributed by atoms with Gasteiger partial charge < -0.3 is 4.57 Å². The monoisotopic (exact) mass is 342 g/mol. The number of hydrogen-bond acceptors (Lipinski definition) is 2. The van der Waals surface area contributed by atoms with Crippen LogP contribution in [0.15, 0.2) is 58.9 Å². The number of aryl methyl sites for hydroxylation is 1. The molecule has 118 valence electrons. The van der Waals surface area contributed by atoms with Gasteiger partial charge in [-0.25, -0.2) is 4.99 Å². The van der Waals surface area contributed by atoms with Gasteiger partial charge in [0.05, 0.1) is 11.4 Å². The van der Waals surface area contributed by atoms with Crippen molar-refractivity contribution in [3.63, 3.8) is 0 Å². The van der Waals surface area contributed by atoms with Crippen LogP contribution >= 0.6 is 22.9 Å². The van der Waals surface area contributed by atoms with Crippen molar-refractivity contribution in [1.29, 1.82) is 0 Å². The van der Waals surface area contributed by atoms with Gasteiger partial charge in [0.2, 0.25) is 0 Å². The topological polar surface area (TPSA) is 17.3 Å². The minimum atomic E-state index is 0.760. The van der Waals surface area contributed by atoms with Gasteiger partial charge in [-0.1, -0.05) is 48.4 Å². The second kappa shape index (κ2) is 7.16. The molecule has 0 saturated carbocycles. The second-order valence-corrected chi connectivity index (χ2v) is 6.78. The number of aromatic nitrogens is 1. The van der Waals surface area contributed by atoms with Crippen molar-refractivity contribution in [2.45, 2.75) is 26.8 Å². The van der Waals surface area contributed by atoms with Crippen LogP contribution in [0.1, 0.15) is 18.9 Å². The van der Waals surface area contributed by atoms with Gasteiger partial charge in [0, 0.05) is 16.9 Å². The Morgan fingerprint density at radius 1 is 1.04 bits per heavy atom. The van der Waals surface area contributed by atoms with Gasteiger partial charge in [-0.05, 0) is 43.2 Å². The van der Waals surface area contributed by atoms with Gasteiger partial charge in [0.25, 0.3) is 0 Å². The first-order valence-corrected chi connectivity index (χ1v) is 8.99. The zero-order valence-corrected chi connectivity index (χ0v) is 14.9. The van der Waals surface area contributed by atoms with Crippen LogP contribution in [-0.4, -0.2) is 4.57 Å². The summed E-state index contributed by atoms with van der Waals surface area (Å²) in [6.07, 6.45) is 1.07. The average Bonchev–Trinajstić information content (AvgIpc) is 2.94. The molecule has 0 aliphatic rings. The minimum absolute atomic E-state index is 0.760. The van der Waals surface area contributed by atoms with Gasteiger partial charge in [0.1, 0.15) is 0 Å². The average molecular weight is 343 g/mol. The highest BCUT2D eigenvalue weighted by atomic mass is 35.5. The standard InChI is InChI=1S/C19H19ClN2S/c1-3-12-22-18(15-6-8-16(20)9-7-15)13-23-19(22)21-17-10-4-14(2)5-11-17/h4-11,13H,3,12H2,1-2H3. The van der Waals surface area contributed by atoms with Crippen LogP contribution in [0.5, 0.6) is 0 Å². The second-order valence-electron chi connectivity index (χ2n) is 5.51. The molecular formula is C19H19ClN2S. The number of benzene rings is 2. The number of halogens is 1. The van der Waals surface area contributed by atoms with Crippen molar-refractivity contribution >= 4 is 28.6 Å². The van der Waals surface area contributed by atoms with E-state index in [0.717, 1.165) is 28.5 Å². The van der Waals surface area contributed by atoms with Gasteiger partial charge in [-0.2, -0.15) is 0 Å². The zero-order valence-electron chi connectivity index (χ0n) is 13.3. The van der Waals surface area contributed by atoms with Crippen LogP contribution in [0, 0.1) is 6.92 Å². The summed E-state index contributed by atoms with van der Waals surface area (Å²) in [7, 11) is 0. The molecule has 23 heavy (non-hydrogen) atoms. The van der Waals surface area contributed by atoms with Crippen molar-refractivity contribution in [3.8, 4) is 11.3 Å². The molecule has 0 radical (unpaired) electrons. The van der Waals surface area contributed by atoms with Gasteiger partial charge >= 0.3 is 0 Å². The molecule has 1 aromatic heterocycles. The first-order valence-electron chi connectivity index (χ1n) is 7.73. The highest BCUT2D eigenvalue weighted by Crippen LogP contribution is 2.23. The Kier molecular flexibility index (Phi) is 4.99. The molecule has 0 N–H and O–H groups in total. The van der Waals surface area contributed by atoms with Gasteiger partial charge in [0.15, 0.2) is 4.80 Å². The summed E-state index contributed by atoms with van der Waals surface area (Å²) in [5.74, 6) is 0. The van der Waals surface area contributed by atoms with Crippen LogP contribution < -0.4 is 4.80 Å². The van der Waals surface area contributed by atoms with E-state index in [2.05, 4.69) is 60.2 Å². The lowest BCUT2D eigenvalue weighted by Gasteiger charge is -2.08. The maximum Gasteiger partial charge on any atom is 0.190 e. The van der Waals surface area contributed by atoms with E-state index < -0.39 is 0 Å². The quantitative estimate of drug-likeness (QED) is 0.568. The lowest BCUT2D eigenvalue weighted by Crippen LogP contribution is -2.15. The van der Waals surface area contributed by atoms with E-state index in [1.54, 1.807) is 11.3 Å². The van der Waals surface area contributed by atoms with Crippen molar-refractivity contribution in [3.05, 3.63) is 69.3 Å². The third-order valence-corrected chi connectivity index (χ3v) is 4.76. The minimum Gasteiger partial charge on any atom is -0.316 e.